The van der Waals surface area contributed by atoms with E-state index in [9.17, 15) is 34.2 Å². The summed E-state index contributed by atoms with van der Waals surface area (Å²) in [4.78, 5) is 61.9. The number of rotatable bonds is 12. The summed E-state index contributed by atoms with van der Waals surface area (Å²) in [5.74, 6) is -3.89. The van der Waals surface area contributed by atoms with E-state index in [1.807, 2.05) is 13.8 Å². The minimum absolute atomic E-state index is 0.133. The highest BCUT2D eigenvalue weighted by Crippen LogP contribution is 2.19. The van der Waals surface area contributed by atoms with E-state index >= 15 is 0 Å². The second-order valence-corrected chi connectivity index (χ2v) is 8.56. The second-order valence-electron chi connectivity index (χ2n) is 8.56. The van der Waals surface area contributed by atoms with Gasteiger partial charge in [0.05, 0.1) is 12.1 Å². The average Bonchev–Trinajstić information content (AvgIpc) is 3.17. The van der Waals surface area contributed by atoms with Crippen LogP contribution in [0.5, 0.6) is 0 Å². The van der Waals surface area contributed by atoms with Gasteiger partial charge < -0.3 is 37.2 Å². The third kappa shape index (κ3) is 8.08. The van der Waals surface area contributed by atoms with Gasteiger partial charge >= 0.3 is 5.97 Å². The molecule has 0 saturated carbocycles. The number of amides is 4. The van der Waals surface area contributed by atoms with Gasteiger partial charge in [-0.15, -0.1) is 0 Å². The van der Waals surface area contributed by atoms with Crippen molar-refractivity contribution in [3.8, 4) is 0 Å². The van der Waals surface area contributed by atoms with Gasteiger partial charge in [-0.3, -0.25) is 19.2 Å². The van der Waals surface area contributed by atoms with Crippen molar-refractivity contribution in [1.82, 2.24) is 15.5 Å². The summed E-state index contributed by atoms with van der Waals surface area (Å²) in [7, 11) is 0. The van der Waals surface area contributed by atoms with Crippen LogP contribution in [0.3, 0.4) is 0 Å². The largest absolute Gasteiger partial charge is 0.480 e. The fourth-order valence-electron chi connectivity index (χ4n) is 3.56. The Kier molecular flexibility index (Phi) is 10.5. The molecule has 1 fully saturated rings. The zero-order chi connectivity index (χ0) is 24.6. The highest BCUT2D eigenvalue weighted by Gasteiger charge is 2.40. The number of carbonyl (C=O) groups is 5. The lowest BCUT2D eigenvalue weighted by molar-refractivity contribution is -0.150. The molecule has 12 heteroatoms. The molecule has 4 amide bonds. The summed E-state index contributed by atoms with van der Waals surface area (Å²) < 4.78 is 0. The molecule has 5 atom stereocenters. The van der Waals surface area contributed by atoms with Crippen molar-refractivity contribution in [2.75, 3.05) is 6.54 Å². The summed E-state index contributed by atoms with van der Waals surface area (Å²) in [6, 6.07) is -4.58. The van der Waals surface area contributed by atoms with Crippen molar-refractivity contribution in [3.63, 3.8) is 0 Å². The van der Waals surface area contributed by atoms with E-state index in [0.29, 0.717) is 12.8 Å². The van der Waals surface area contributed by atoms with Crippen molar-refractivity contribution in [3.05, 3.63) is 0 Å². The number of carboxylic acid groups (broad SMARTS) is 1. The number of likely N-dealkylation sites (tertiary alicyclic amines) is 1. The number of aliphatic carboxylic acids is 1. The fourth-order valence-corrected chi connectivity index (χ4v) is 3.56. The number of hydrogen-bond donors (Lipinski definition) is 6. The molecule has 1 heterocycles. The summed E-state index contributed by atoms with van der Waals surface area (Å²) >= 11 is 0. The zero-order valence-electron chi connectivity index (χ0n) is 18.7. The number of nitrogens with one attached hydrogen (secondary N) is 2. The Balaban J connectivity index is 2.97. The third-order valence-electron chi connectivity index (χ3n) is 5.24. The number of hydrogen-bond acceptors (Lipinski definition) is 7. The molecule has 1 aliphatic rings. The Labute approximate surface area is 187 Å². The van der Waals surface area contributed by atoms with Gasteiger partial charge in [0.25, 0.3) is 0 Å². The highest BCUT2D eigenvalue weighted by molar-refractivity contribution is 5.94. The molecule has 0 aromatic rings. The molecule has 0 aromatic heterocycles. The minimum atomic E-state index is -1.43. The van der Waals surface area contributed by atoms with Crippen LogP contribution in [0.25, 0.3) is 0 Å². The first-order chi connectivity index (χ1) is 14.8. The van der Waals surface area contributed by atoms with Crippen LogP contribution in [0, 0.1) is 5.92 Å². The number of primary amides is 1. The molecule has 8 N–H and O–H groups in total. The highest BCUT2D eigenvalue weighted by atomic mass is 16.4. The Morgan fingerprint density at radius 3 is 2.22 bits per heavy atom. The van der Waals surface area contributed by atoms with E-state index in [0.717, 1.165) is 4.90 Å². The summed E-state index contributed by atoms with van der Waals surface area (Å²) in [6.45, 7) is 5.23. The number of nitrogens with two attached hydrogens (primary N) is 2. The quantitative estimate of drug-likeness (QED) is 0.194. The first kappa shape index (κ1) is 27.3. The lowest BCUT2D eigenvalue weighted by Gasteiger charge is -2.30. The van der Waals surface area contributed by atoms with Crippen molar-refractivity contribution in [2.24, 2.45) is 17.4 Å². The van der Waals surface area contributed by atoms with Gasteiger partial charge in [-0.2, -0.15) is 0 Å². The maximum atomic E-state index is 12.9. The van der Waals surface area contributed by atoms with Crippen LogP contribution >= 0.6 is 0 Å². The van der Waals surface area contributed by atoms with Crippen LogP contribution in [0.1, 0.15) is 52.9 Å². The SMILES string of the molecule is CC(C)CC(N)C(=O)NC(CCC(N)=O)C(=O)NC(C(=O)N1CCCC1C(=O)O)C(C)O. The van der Waals surface area contributed by atoms with Crippen LogP contribution in [0.4, 0.5) is 0 Å². The zero-order valence-corrected chi connectivity index (χ0v) is 18.7. The topological polar surface area (TPSA) is 205 Å². The number of carbonyl (C=O) groups excluding carboxylic acids is 4. The third-order valence-corrected chi connectivity index (χ3v) is 5.24. The van der Waals surface area contributed by atoms with Gasteiger partial charge in [-0.05, 0) is 38.5 Å². The number of aliphatic hydroxyl groups is 1. The van der Waals surface area contributed by atoms with Gasteiger partial charge in [-0.1, -0.05) is 13.8 Å². The molecule has 0 aromatic carbocycles. The molecule has 1 rings (SSSR count). The van der Waals surface area contributed by atoms with Crippen molar-refractivity contribution >= 4 is 29.6 Å². The molecule has 0 aliphatic carbocycles. The molecule has 182 valence electrons. The number of aliphatic hydroxyl groups excluding tert-OH is 1. The molecule has 12 nitrogen and oxygen atoms in total. The monoisotopic (exact) mass is 457 g/mol. The fraction of sp³-hybridized carbons (Fsp3) is 0.750. The van der Waals surface area contributed by atoms with Gasteiger partial charge in [0, 0.05) is 13.0 Å². The van der Waals surface area contributed by atoms with Gasteiger partial charge in [0.2, 0.25) is 23.6 Å². The predicted molar refractivity (Wildman–Crippen MR) is 114 cm³/mol. The van der Waals surface area contributed by atoms with E-state index in [-0.39, 0.29) is 31.7 Å². The first-order valence-electron chi connectivity index (χ1n) is 10.7. The van der Waals surface area contributed by atoms with E-state index in [2.05, 4.69) is 10.6 Å². The average molecular weight is 458 g/mol. The van der Waals surface area contributed by atoms with Crippen molar-refractivity contribution in [1.29, 1.82) is 0 Å². The van der Waals surface area contributed by atoms with Crippen LogP contribution in [0.2, 0.25) is 0 Å². The lowest BCUT2D eigenvalue weighted by Crippen LogP contribution is -2.60. The first-order valence-corrected chi connectivity index (χ1v) is 10.7. The van der Waals surface area contributed by atoms with E-state index in [1.165, 1.54) is 6.92 Å². The molecule has 0 bridgehead atoms. The molecule has 32 heavy (non-hydrogen) atoms. The normalized spacial score (nSPS) is 19.7. The van der Waals surface area contributed by atoms with Crippen molar-refractivity contribution in [2.45, 2.75) is 83.1 Å². The Morgan fingerprint density at radius 1 is 1.09 bits per heavy atom. The Bertz CT molecular complexity index is 712. The predicted octanol–water partition coefficient (Wildman–Crippen LogP) is -1.95. The minimum Gasteiger partial charge on any atom is -0.480 e. The maximum absolute atomic E-state index is 12.9. The Hall–Kier alpha value is -2.73. The standard InChI is InChI=1S/C20H35N5O7/c1-10(2)9-12(21)17(28)23-13(6-7-15(22)27)18(29)24-16(11(3)26)19(30)25-8-4-5-14(25)20(31)32/h10-14,16,26H,4-9,21H2,1-3H3,(H2,22,27)(H,23,28)(H,24,29)(H,31,32). The van der Waals surface area contributed by atoms with Crippen LogP contribution in [-0.2, 0) is 24.0 Å². The number of nitrogens with zero attached hydrogens (tertiary/aromatic N) is 1. The molecular weight excluding hydrogens is 422 g/mol. The van der Waals surface area contributed by atoms with Crippen LogP contribution in [0.15, 0.2) is 0 Å². The molecule has 0 spiro atoms. The Morgan fingerprint density at radius 2 is 1.72 bits per heavy atom. The number of carboxylic acids is 1. The second kappa shape index (κ2) is 12.3. The molecule has 1 saturated heterocycles. The maximum Gasteiger partial charge on any atom is 0.326 e. The van der Waals surface area contributed by atoms with Crippen molar-refractivity contribution < 1.29 is 34.2 Å². The smallest absolute Gasteiger partial charge is 0.326 e. The van der Waals surface area contributed by atoms with E-state index in [1.54, 1.807) is 0 Å². The lowest BCUT2D eigenvalue weighted by atomic mass is 10.0. The molecule has 5 unspecified atom stereocenters. The van der Waals surface area contributed by atoms with Crippen LogP contribution in [-0.4, -0.2) is 81.5 Å². The van der Waals surface area contributed by atoms with E-state index < -0.39 is 59.9 Å². The molecular formula is C20H35N5O7. The summed E-state index contributed by atoms with van der Waals surface area (Å²) in [5.41, 5.74) is 11.0. The van der Waals surface area contributed by atoms with Gasteiger partial charge in [0.1, 0.15) is 18.1 Å². The molecule has 1 aliphatic heterocycles. The summed E-state index contributed by atoms with van der Waals surface area (Å²) in [6.07, 6.45) is -0.559. The van der Waals surface area contributed by atoms with Gasteiger partial charge in [0.15, 0.2) is 0 Å². The summed E-state index contributed by atoms with van der Waals surface area (Å²) in [5, 5.41) is 24.3. The molecule has 0 radical (unpaired) electrons. The van der Waals surface area contributed by atoms with Gasteiger partial charge in [-0.25, -0.2) is 4.79 Å². The van der Waals surface area contributed by atoms with Crippen LogP contribution < -0.4 is 22.1 Å². The van der Waals surface area contributed by atoms with E-state index in [4.69, 9.17) is 11.5 Å².